The zero-order valence-electron chi connectivity index (χ0n) is 11.4. The first kappa shape index (κ1) is 13.9. The van der Waals surface area contributed by atoms with E-state index in [1.165, 1.54) is 11.8 Å². The average Bonchev–Trinajstić information content (AvgIpc) is 2.82. The Morgan fingerprint density at radius 2 is 2.16 bits per heavy atom. The maximum atomic E-state index is 5.36. The fourth-order valence-electron chi connectivity index (χ4n) is 1.66. The Hall–Kier alpha value is -1.56. The van der Waals surface area contributed by atoms with Crippen molar-refractivity contribution in [3.8, 4) is 0 Å². The second-order valence-electron chi connectivity index (χ2n) is 4.14. The molecular weight excluding hydrogens is 260 g/mol. The molecule has 0 saturated heterocycles. The van der Waals surface area contributed by atoms with E-state index in [9.17, 15) is 0 Å². The summed E-state index contributed by atoms with van der Waals surface area (Å²) in [5.74, 6) is 0.908. The molecule has 6 heteroatoms. The molecule has 0 saturated carbocycles. The normalized spacial score (nSPS) is 10.7. The molecule has 0 unspecified atom stereocenters. The van der Waals surface area contributed by atoms with Gasteiger partial charge in [-0.1, -0.05) is 13.8 Å². The van der Waals surface area contributed by atoms with E-state index in [-0.39, 0.29) is 0 Å². The molecule has 0 radical (unpaired) electrons. The van der Waals surface area contributed by atoms with Crippen molar-refractivity contribution in [3.05, 3.63) is 23.8 Å². The lowest BCUT2D eigenvalue weighted by molar-refractivity contribution is 0.453. The summed E-state index contributed by atoms with van der Waals surface area (Å²) in [7, 11) is 0. The van der Waals surface area contributed by atoms with Crippen LogP contribution in [0.1, 0.15) is 31.5 Å². The van der Waals surface area contributed by atoms with Crippen LogP contribution in [0.4, 0.5) is 5.82 Å². The van der Waals surface area contributed by atoms with E-state index in [1.807, 2.05) is 6.92 Å². The minimum absolute atomic E-state index is 0.618. The standard InChI is InChI=1S/C13H18N4OS/c1-4-6-14-11-10(5-2)12(16-8-15-11)19-13-17-9(3)7-18-13/h7-8H,4-6H2,1-3H3,(H,14,15,16). The first-order valence-electron chi connectivity index (χ1n) is 6.42. The predicted molar refractivity (Wildman–Crippen MR) is 75.6 cm³/mol. The van der Waals surface area contributed by atoms with Gasteiger partial charge in [-0.05, 0) is 31.5 Å². The van der Waals surface area contributed by atoms with Crippen LogP contribution in [-0.2, 0) is 6.42 Å². The molecule has 0 aliphatic rings. The topological polar surface area (TPSA) is 63.8 Å². The first-order valence-corrected chi connectivity index (χ1v) is 7.24. The number of anilines is 1. The van der Waals surface area contributed by atoms with Crippen LogP contribution in [0.25, 0.3) is 0 Å². The van der Waals surface area contributed by atoms with Crippen LogP contribution in [-0.4, -0.2) is 21.5 Å². The van der Waals surface area contributed by atoms with Crippen molar-refractivity contribution in [2.75, 3.05) is 11.9 Å². The summed E-state index contributed by atoms with van der Waals surface area (Å²) in [6, 6.07) is 0. The molecule has 2 rings (SSSR count). The molecule has 0 atom stereocenters. The van der Waals surface area contributed by atoms with Gasteiger partial charge in [-0.3, -0.25) is 0 Å². The lowest BCUT2D eigenvalue weighted by Crippen LogP contribution is -2.06. The third-order valence-corrected chi connectivity index (χ3v) is 3.49. The lowest BCUT2D eigenvalue weighted by atomic mass is 10.2. The molecule has 0 aliphatic heterocycles. The number of nitrogens with one attached hydrogen (secondary N) is 1. The van der Waals surface area contributed by atoms with Gasteiger partial charge in [-0.2, -0.15) is 0 Å². The third kappa shape index (κ3) is 3.47. The average molecular weight is 278 g/mol. The van der Waals surface area contributed by atoms with Gasteiger partial charge in [0.05, 0.1) is 5.69 Å². The Morgan fingerprint density at radius 1 is 1.32 bits per heavy atom. The molecule has 0 bridgehead atoms. The molecule has 2 aromatic rings. The molecule has 102 valence electrons. The predicted octanol–water partition coefficient (Wildman–Crippen LogP) is 3.31. The Kier molecular flexibility index (Phi) is 4.79. The largest absolute Gasteiger partial charge is 0.439 e. The van der Waals surface area contributed by atoms with Crippen LogP contribution in [0.2, 0.25) is 0 Å². The van der Waals surface area contributed by atoms with Gasteiger partial charge in [-0.25, -0.2) is 15.0 Å². The minimum atomic E-state index is 0.618. The molecule has 1 N–H and O–H groups in total. The molecule has 5 nitrogen and oxygen atoms in total. The third-order valence-electron chi connectivity index (χ3n) is 2.58. The summed E-state index contributed by atoms with van der Waals surface area (Å²) in [4.78, 5) is 12.9. The van der Waals surface area contributed by atoms with Gasteiger partial charge in [0.15, 0.2) is 0 Å². The van der Waals surface area contributed by atoms with E-state index in [2.05, 4.69) is 34.1 Å². The zero-order valence-corrected chi connectivity index (χ0v) is 12.3. The van der Waals surface area contributed by atoms with Crippen molar-refractivity contribution in [1.29, 1.82) is 0 Å². The quantitative estimate of drug-likeness (QED) is 0.818. The van der Waals surface area contributed by atoms with Gasteiger partial charge in [0.25, 0.3) is 5.22 Å². The summed E-state index contributed by atoms with van der Waals surface area (Å²) in [6.07, 6.45) is 5.16. The molecule has 19 heavy (non-hydrogen) atoms. The van der Waals surface area contributed by atoms with Crippen molar-refractivity contribution >= 4 is 17.6 Å². The van der Waals surface area contributed by atoms with E-state index in [4.69, 9.17) is 4.42 Å². The summed E-state index contributed by atoms with van der Waals surface area (Å²) >= 11 is 1.44. The Bertz CT molecular complexity index is 541. The van der Waals surface area contributed by atoms with Gasteiger partial charge in [0.1, 0.15) is 23.4 Å². The summed E-state index contributed by atoms with van der Waals surface area (Å²) in [6.45, 7) is 7.04. The molecule has 0 aliphatic carbocycles. The van der Waals surface area contributed by atoms with E-state index in [0.29, 0.717) is 5.22 Å². The number of aryl methyl sites for hydroxylation is 1. The second-order valence-corrected chi connectivity index (χ2v) is 5.08. The lowest BCUT2D eigenvalue weighted by Gasteiger charge is -2.11. The Morgan fingerprint density at radius 3 is 2.79 bits per heavy atom. The molecule has 0 aromatic carbocycles. The minimum Gasteiger partial charge on any atom is -0.439 e. The van der Waals surface area contributed by atoms with Gasteiger partial charge in [0, 0.05) is 12.1 Å². The Labute approximate surface area is 117 Å². The van der Waals surface area contributed by atoms with Gasteiger partial charge in [-0.15, -0.1) is 0 Å². The fourth-order valence-corrected chi connectivity index (χ4v) is 2.58. The van der Waals surface area contributed by atoms with E-state index >= 15 is 0 Å². The molecule has 0 fully saturated rings. The number of hydrogen-bond donors (Lipinski definition) is 1. The first-order chi connectivity index (χ1) is 9.24. The van der Waals surface area contributed by atoms with Crippen LogP contribution in [0.5, 0.6) is 0 Å². The number of nitrogens with zero attached hydrogens (tertiary/aromatic N) is 3. The monoisotopic (exact) mass is 278 g/mol. The second kappa shape index (κ2) is 6.56. The SMILES string of the molecule is CCCNc1ncnc(Sc2nc(C)co2)c1CC. The summed E-state index contributed by atoms with van der Waals surface area (Å²) < 4.78 is 5.36. The van der Waals surface area contributed by atoms with Crippen LogP contribution in [0.3, 0.4) is 0 Å². The van der Waals surface area contributed by atoms with Crippen molar-refractivity contribution in [2.45, 2.75) is 43.9 Å². The number of rotatable bonds is 6. The van der Waals surface area contributed by atoms with Crippen LogP contribution in [0, 0.1) is 6.92 Å². The van der Waals surface area contributed by atoms with E-state index in [1.54, 1.807) is 12.6 Å². The highest BCUT2D eigenvalue weighted by Crippen LogP contribution is 2.30. The van der Waals surface area contributed by atoms with Crippen molar-refractivity contribution in [2.24, 2.45) is 0 Å². The Balaban J connectivity index is 2.24. The van der Waals surface area contributed by atoms with E-state index < -0.39 is 0 Å². The molecule has 0 spiro atoms. The van der Waals surface area contributed by atoms with Gasteiger partial charge >= 0.3 is 0 Å². The maximum Gasteiger partial charge on any atom is 0.262 e. The van der Waals surface area contributed by atoms with E-state index in [0.717, 1.165) is 41.5 Å². The summed E-state index contributed by atoms with van der Waals surface area (Å²) in [5.41, 5.74) is 1.98. The number of aromatic nitrogens is 3. The zero-order chi connectivity index (χ0) is 13.7. The van der Waals surface area contributed by atoms with Crippen LogP contribution >= 0.6 is 11.8 Å². The highest BCUT2D eigenvalue weighted by Gasteiger charge is 2.13. The van der Waals surface area contributed by atoms with Crippen molar-refractivity contribution in [1.82, 2.24) is 15.0 Å². The van der Waals surface area contributed by atoms with Crippen LogP contribution < -0.4 is 5.32 Å². The highest BCUT2D eigenvalue weighted by molar-refractivity contribution is 7.99. The van der Waals surface area contributed by atoms with Gasteiger partial charge in [0.2, 0.25) is 0 Å². The molecule has 0 amide bonds. The number of hydrogen-bond acceptors (Lipinski definition) is 6. The fraction of sp³-hybridized carbons (Fsp3) is 0.462. The highest BCUT2D eigenvalue weighted by atomic mass is 32.2. The maximum absolute atomic E-state index is 5.36. The molecule has 2 aromatic heterocycles. The summed E-state index contributed by atoms with van der Waals surface area (Å²) in [5, 5.41) is 4.85. The molecule has 2 heterocycles. The number of oxazole rings is 1. The van der Waals surface area contributed by atoms with Crippen molar-refractivity contribution < 1.29 is 4.42 Å². The molecular formula is C13H18N4OS. The smallest absolute Gasteiger partial charge is 0.262 e. The van der Waals surface area contributed by atoms with Crippen LogP contribution in [0.15, 0.2) is 27.3 Å². The van der Waals surface area contributed by atoms with Crippen molar-refractivity contribution in [3.63, 3.8) is 0 Å². The van der Waals surface area contributed by atoms with Gasteiger partial charge < -0.3 is 9.73 Å².